The van der Waals surface area contributed by atoms with Crippen LogP contribution < -0.4 is 20.3 Å². The first kappa shape index (κ1) is 34.4. The van der Waals surface area contributed by atoms with E-state index in [4.69, 9.17) is 24.7 Å². The Morgan fingerprint density at radius 3 is 2.57 bits per heavy atom. The number of nitrogens with zero attached hydrogens (tertiary/aromatic N) is 2. The quantitative estimate of drug-likeness (QED) is 0.270. The molecule has 13 heteroatoms. The zero-order valence-corrected chi connectivity index (χ0v) is 27.4. The van der Waals surface area contributed by atoms with Gasteiger partial charge in [0.15, 0.2) is 17.8 Å². The number of carbonyl (C=O) groups excluding carboxylic acids is 1. The highest BCUT2D eigenvalue weighted by Gasteiger charge is 2.48. The van der Waals surface area contributed by atoms with Crippen LogP contribution in [0.4, 0.5) is 4.79 Å². The van der Waals surface area contributed by atoms with Crippen LogP contribution in [0.5, 0.6) is 11.5 Å². The molecule has 0 aliphatic carbocycles. The molecular weight excluding hydrogens is 614 g/mol. The summed E-state index contributed by atoms with van der Waals surface area (Å²) in [7, 11) is -4.27. The lowest BCUT2D eigenvalue weighted by Crippen LogP contribution is -2.61. The number of amides is 1. The summed E-state index contributed by atoms with van der Waals surface area (Å²) in [5, 5.41) is 24.9. The van der Waals surface area contributed by atoms with E-state index in [1.165, 1.54) is 10.4 Å². The van der Waals surface area contributed by atoms with E-state index < -0.39 is 46.0 Å². The minimum Gasteiger partial charge on any atom is -0.530 e. The number of hydrogen-bond donors (Lipinski definition) is 2. The first-order valence-electron chi connectivity index (χ1n) is 16.0. The van der Waals surface area contributed by atoms with E-state index in [-0.39, 0.29) is 49.3 Å². The Bertz CT molecular complexity index is 1420. The second-order valence-corrected chi connectivity index (χ2v) is 15.0. The highest BCUT2D eigenvalue weighted by molar-refractivity contribution is 7.89. The Morgan fingerprint density at radius 1 is 1.07 bits per heavy atom. The average Bonchev–Trinajstić information content (AvgIpc) is 3.65. The number of nitrogens with two attached hydrogens (primary N) is 1. The van der Waals surface area contributed by atoms with Crippen LogP contribution in [0, 0.1) is 11.3 Å². The molecule has 0 bridgehead atoms. The van der Waals surface area contributed by atoms with Crippen molar-refractivity contribution in [2.75, 3.05) is 46.1 Å². The van der Waals surface area contributed by atoms with Gasteiger partial charge in [-0.1, -0.05) is 56.7 Å². The molecule has 12 nitrogen and oxygen atoms in total. The molecule has 0 unspecified atom stereocenters. The summed E-state index contributed by atoms with van der Waals surface area (Å²) in [5.74, 6) is 0.231. The van der Waals surface area contributed by atoms with Gasteiger partial charge < -0.3 is 44.6 Å². The number of hydrogen-bond acceptors (Lipinski definition) is 10. The van der Waals surface area contributed by atoms with Crippen molar-refractivity contribution in [3.63, 3.8) is 0 Å². The van der Waals surface area contributed by atoms with Gasteiger partial charge in [0.2, 0.25) is 10.0 Å². The lowest BCUT2D eigenvalue weighted by molar-refractivity contribution is -0.273. The molecule has 5 atom stereocenters. The molecule has 3 aliphatic rings. The Labute approximate surface area is 271 Å². The summed E-state index contributed by atoms with van der Waals surface area (Å²) in [5.41, 5.74) is 6.02. The smallest absolute Gasteiger partial charge is 0.247 e. The van der Waals surface area contributed by atoms with Crippen molar-refractivity contribution in [2.45, 2.75) is 75.3 Å². The fraction of sp³-hybridized carbons (Fsp3) is 0.606. The van der Waals surface area contributed by atoms with Crippen LogP contribution in [-0.4, -0.2) is 99.4 Å². The Kier molecular flexibility index (Phi) is 11.1. The molecule has 5 rings (SSSR count). The maximum absolute atomic E-state index is 14.5. The van der Waals surface area contributed by atoms with Crippen molar-refractivity contribution in [1.82, 2.24) is 9.21 Å². The first-order chi connectivity index (χ1) is 22.0. The average molecular weight is 661 g/mol. The van der Waals surface area contributed by atoms with Gasteiger partial charge in [0.05, 0.1) is 31.4 Å². The van der Waals surface area contributed by atoms with Crippen molar-refractivity contribution in [1.29, 1.82) is 0 Å². The van der Waals surface area contributed by atoms with Gasteiger partial charge in [0.25, 0.3) is 0 Å². The van der Waals surface area contributed by atoms with Crippen molar-refractivity contribution in [3.8, 4) is 11.5 Å². The molecule has 3 heterocycles. The Morgan fingerprint density at radius 2 is 1.83 bits per heavy atom. The van der Waals surface area contributed by atoms with E-state index in [9.17, 15) is 23.4 Å². The van der Waals surface area contributed by atoms with Gasteiger partial charge in [0, 0.05) is 19.0 Å². The number of benzene rings is 2. The maximum atomic E-state index is 14.5. The van der Waals surface area contributed by atoms with Crippen LogP contribution in [0.3, 0.4) is 0 Å². The molecule has 2 aromatic rings. The number of unbranched alkanes of at least 4 members (excludes halogenated alkanes) is 1. The van der Waals surface area contributed by atoms with E-state index in [0.717, 1.165) is 23.3 Å². The number of ether oxygens (including phenoxy) is 4. The Balaban J connectivity index is 1.51. The molecule has 1 amide bonds. The second kappa shape index (κ2) is 14.9. The van der Waals surface area contributed by atoms with E-state index in [1.807, 2.05) is 44.2 Å². The monoisotopic (exact) mass is 660 g/mol. The molecule has 2 aromatic carbocycles. The second-order valence-electron chi connectivity index (χ2n) is 13.1. The predicted molar refractivity (Wildman–Crippen MR) is 168 cm³/mol. The first-order valence-corrected chi connectivity index (χ1v) is 17.5. The third-order valence-corrected chi connectivity index (χ3v) is 11.0. The van der Waals surface area contributed by atoms with Crippen LogP contribution in [0.15, 0.2) is 53.4 Å². The minimum atomic E-state index is -4.27. The Hall–Kier alpha value is -2.94. The van der Waals surface area contributed by atoms with Crippen LogP contribution in [0.25, 0.3) is 0 Å². The largest absolute Gasteiger partial charge is 0.530 e. The van der Waals surface area contributed by atoms with Crippen molar-refractivity contribution in [3.05, 3.63) is 54.1 Å². The van der Waals surface area contributed by atoms with Crippen molar-refractivity contribution in [2.24, 2.45) is 17.1 Å². The summed E-state index contributed by atoms with van der Waals surface area (Å²) < 4.78 is 53.2. The lowest BCUT2D eigenvalue weighted by Gasteiger charge is -2.43. The molecule has 2 saturated heterocycles. The van der Waals surface area contributed by atoms with Gasteiger partial charge >= 0.3 is 0 Å². The molecule has 2 fully saturated rings. The molecule has 254 valence electrons. The number of rotatable bonds is 15. The standard InChI is InChI=1S/C33H47N3O9S/c1-33(2,14-6-7-15-34)22-35(46(40,41)29-12-8-11-28-30(29)43-18-17-42-28)20-27(37)25(19-23-9-4-3-5-10-23)36(32(38)39)26-21-45-31-24(26)13-16-44-31/h3-5,8-12,24-27,31,37H,6-7,13-22,34H2,1-2H3,(H,38,39)/p-1/t24-,25-,26-,27+,31+/m0/s1. The van der Waals surface area contributed by atoms with Crippen LogP contribution in [0.1, 0.15) is 45.1 Å². The van der Waals surface area contributed by atoms with Gasteiger partial charge in [-0.15, -0.1) is 0 Å². The molecule has 46 heavy (non-hydrogen) atoms. The number of carboxylic acid groups (broad SMARTS) is 1. The van der Waals surface area contributed by atoms with Crippen molar-refractivity contribution < 1.29 is 42.4 Å². The van der Waals surface area contributed by atoms with E-state index in [1.54, 1.807) is 12.1 Å². The lowest BCUT2D eigenvalue weighted by atomic mass is 9.87. The summed E-state index contributed by atoms with van der Waals surface area (Å²) in [6.45, 7) is 5.20. The number of aliphatic hydroxyl groups is 1. The van der Waals surface area contributed by atoms with Crippen LogP contribution in [-0.2, 0) is 25.9 Å². The molecule has 3 N–H and O–H groups in total. The molecule has 0 spiro atoms. The zero-order valence-electron chi connectivity index (χ0n) is 26.6. The third-order valence-electron chi connectivity index (χ3n) is 9.12. The number of aliphatic hydroxyl groups excluding tert-OH is 1. The molecule has 0 aromatic heterocycles. The summed E-state index contributed by atoms with van der Waals surface area (Å²) in [6.07, 6.45) is -0.378. The van der Waals surface area contributed by atoms with Crippen LogP contribution >= 0.6 is 0 Å². The van der Waals surface area contributed by atoms with E-state index in [0.29, 0.717) is 38.3 Å². The van der Waals surface area contributed by atoms with Crippen molar-refractivity contribution >= 4 is 16.1 Å². The molecule has 0 saturated carbocycles. The normalized spacial score (nSPS) is 22.4. The SMILES string of the molecule is CC(C)(CCCCN)CN(C[C@@H](O)[C@H](Cc1ccccc1)N(C(=O)[O-])[C@H]1CO[C@H]2OCC[C@H]21)S(=O)(=O)c1cccc2c1OCCO2. The maximum Gasteiger partial charge on any atom is 0.247 e. The van der Waals surface area contributed by atoms with Gasteiger partial charge in [0.1, 0.15) is 24.2 Å². The van der Waals surface area contributed by atoms with Gasteiger partial charge in [-0.3, -0.25) is 0 Å². The molecular formula is C33H46N3O9S-. The highest BCUT2D eigenvalue weighted by atomic mass is 32.2. The number of fused-ring (bicyclic) bond motifs is 2. The molecule has 0 radical (unpaired) electrons. The van der Waals surface area contributed by atoms with Gasteiger partial charge in [-0.2, -0.15) is 4.31 Å². The number of sulfonamides is 1. The summed E-state index contributed by atoms with van der Waals surface area (Å²) in [6, 6.07) is 12.3. The predicted octanol–water partition coefficient (Wildman–Crippen LogP) is 1.98. The van der Waals surface area contributed by atoms with E-state index >= 15 is 0 Å². The van der Waals surface area contributed by atoms with Crippen LogP contribution in [0.2, 0.25) is 0 Å². The highest BCUT2D eigenvalue weighted by Crippen LogP contribution is 2.40. The van der Waals surface area contributed by atoms with E-state index in [2.05, 4.69) is 0 Å². The van der Waals surface area contributed by atoms with Gasteiger partial charge in [-0.05, 0) is 55.3 Å². The fourth-order valence-electron chi connectivity index (χ4n) is 6.79. The third kappa shape index (κ3) is 7.77. The number of carbonyl (C=O) groups is 1. The summed E-state index contributed by atoms with van der Waals surface area (Å²) in [4.78, 5) is 14.0. The fourth-order valence-corrected chi connectivity index (χ4v) is 8.58. The minimum absolute atomic E-state index is 0.0654. The number of para-hydroxylation sites is 1. The molecule has 3 aliphatic heterocycles. The van der Waals surface area contributed by atoms with Gasteiger partial charge in [-0.25, -0.2) is 8.42 Å². The summed E-state index contributed by atoms with van der Waals surface area (Å²) >= 11 is 0. The topological polar surface area (TPSA) is 164 Å². The zero-order chi connectivity index (χ0) is 32.9.